The zero-order valence-electron chi connectivity index (χ0n) is 22.0. The first-order valence-electron chi connectivity index (χ1n) is 11.9. The summed E-state index contributed by atoms with van der Waals surface area (Å²) in [6, 6.07) is 8.81. The Morgan fingerprint density at radius 3 is 2.32 bits per heavy atom. The summed E-state index contributed by atoms with van der Waals surface area (Å²) >= 11 is 0. The summed E-state index contributed by atoms with van der Waals surface area (Å²) in [6.07, 6.45) is 5.21. The molecule has 2 unspecified atom stereocenters. The minimum absolute atomic E-state index is 0. The smallest absolute Gasteiger partial charge is 0.264 e. The van der Waals surface area contributed by atoms with Gasteiger partial charge in [0.1, 0.15) is 24.6 Å². The van der Waals surface area contributed by atoms with Crippen LogP contribution in [0.3, 0.4) is 0 Å². The molecule has 2 aliphatic rings. The minimum atomic E-state index is -1.75. The van der Waals surface area contributed by atoms with Gasteiger partial charge in [0.15, 0.2) is 6.29 Å². The van der Waals surface area contributed by atoms with E-state index in [-0.39, 0.29) is 6.99 Å². The van der Waals surface area contributed by atoms with E-state index in [9.17, 15) is 23.1 Å². The number of nitrogens with one attached hydrogen (secondary N) is 2. The summed E-state index contributed by atoms with van der Waals surface area (Å²) in [4.78, 5) is 19.4. The molecule has 2 aromatic rings. The third-order valence-electron chi connectivity index (χ3n) is 4.99. The lowest BCUT2D eigenvalue weighted by Crippen LogP contribution is -2.39. The Hall–Kier alpha value is -3.57. The van der Waals surface area contributed by atoms with Gasteiger partial charge in [0, 0.05) is 37.6 Å². The molecule has 2 aliphatic heterocycles. The average Bonchev–Trinajstić information content (AvgIpc) is 2.93. The van der Waals surface area contributed by atoms with Crippen LogP contribution in [0.4, 0.5) is 19.0 Å². The second kappa shape index (κ2) is 16.2. The number of rotatable bonds is 5. The molecule has 37 heavy (non-hydrogen) atoms. The maximum Gasteiger partial charge on any atom is 0.264 e. The van der Waals surface area contributed by atoms with Gasteiger partial charge < -0.3 is 20.1 Å². The van der Waals surface area contributed by atoms with Crippen molar-refractivity contribution < 1.29 is 24.4 Å². The number of aliphatic hydroxyl groups excluding tert-OH is 1. The third kappa shape index (κ3) is 7.96. The van der Waals surface area contributed by atoms with Crippen LogP contribution in [0.5, 0.6) is 5.75 Å². The number of nitrogens with zero attached hydrogens (tertiary/aromatic N) is 3. The van der Waals surface area contributed by atoms with Crippen molar-refractivity contribution in [1.29, 1.82) is 0 Å². The Labute approximate surface area is 217 Å². The van der Waals surface area contributed by atoms with Gasteiger partial charge in [0.25, 0.3) is 5.56 Å². The number of aliphatic hydroxyl groups is 1. The van der Waals surface area contributed by atoms with Gasteiger partial charge in [-0.3, -0.25) is 19.7 Å². The molecule has 4 rings (SSSR count). The Morgan fingerprint density at radius 1 is 1.16 bits per heavy atom. The molecule has 2 atom stereocenters. The number of anilines is 1. The molecule has 0 fully saturated rings. The number of hydrogen-bond donors (Lipinski definition) is 3. The van der Waals surface area contributed by atoms with Crippen LogP contribution in [0.2, 0.25) is 0 Å². The number of halogens is 3. The lowest BCUT2D eigenvalue weighted by atomic mass is 10.0. The van der Waals surface area contributed by atoms with Crippen LogP contribution in [0.25, 0.3) is 11.3 Å². The molecule has 1 aromatic carbocycles. The number of likely N-dealkylation sites (N-methyl/N-ethyl adjacent to an activating group) is 1. The zero-order valence-corrected chi connectivity index (χ0v) is 22.0. The van der Waals surface area contributed by atoms with Gasteiger partial charge in [0.2, 0.25) is 6.93 Å². The molecule has 0 saturated heterocycles. The highest BCUT2D eigenvalue weighted by atomic mass is 19.3. The van der Waals surface area contributed by atoms with E-state index in [1.54, 1.807) is 74.0 Å². The van der Waals surface area contributed by atoms with Gasteiger partial charge in [-0.05, 0) is 36.4 Å². The van der Waals surface area contributed by atoms with Crippen molar-refractivity contribution >= 4 is 17.6 Å². The number of aromatic nitrogens is 1. The Balaban J connectivity index is 0.00000157. The molecule has 206 valence electrons. The highest BCUT2D eigenvalue weighted by molar-refractivity contribution is 5.91. The summed E-state index contributed by atoms with van der Waals surface area (Å²) in [5.41, 5.74) is 2.15. The van der Waals surface area contributed by atoms with Crippen LogP contribution in [0.1, 0.15) is 40.2 Å². The Morgan fingerprint density at radius 2 is 1.78 bits per heavy atom. The molecule has 0 amide bonds. The van der Waals surface area contributed by atoms with Crippen LogP contribution in [-0.4, -0.2) is 61.2 Å². The molecule has 1 aromatic heterocycles. The van der Waals surface area contributed by atoms with Crippen LogP contribution in [0, 0.1) is 0 Å². The molecular formula is C26H38F3N5O3. The first kappa shape index (κ1) is 31.5. The van der Waals surface area contributed by atoms with Gasteiger partial charge in [-0.25, -0.2) is 13.2 Å². The number of fused-ring (bicyclic) bond motifs is 1. The normalized spacial score (nSPS) is 16.9. The van der Waals surface area contributed by atoms with Crippen LogP contribution >= 0.6 is 0 Å². The summed E-state index contributed by atoms with van der Waals surface area (Å²) < 4.78 is 38.8. The molecule has 0 saturated carbocycles. The standard InChI is InChI=1S/C21H22FN5O3.2C2H6.CH2F2.H2/c1-26-11-13(3-8-18(26)28)17-9-14-10-23-21(24-12-22)25-19(14)27(20(17)29)15-4-6-16(30-2)7-5-15;2*1-2;2-1-3;/h3-11,18,21,24-25,28H,12H2,1-2H3;2*1-2H3;1H2;1H. The zero-order chi connectivity index (χ0) is 28.0. The van der Waals surface area contributed by atoms with Gasteiger partial charge in [-0.15, -0.1) is 0 Å². The van der Waals surface area contributed by atoms with Crippen molar-refractivity contribution in [3.05, 3.63) is 70.2 Å². The lowest BCUT2D eigenvalue weighted by Gasteiger charge is -2.27. The van der Waals surface area contributed by atoms with E-state index in [2.05, 4.69) is 15.6 Å². The molecular weight excluding hydrogens is 487 g/mol. The maximum atomic E-state index is 13.5. The van der Waals surface area contributed by atoms with Crippen LogP contribution in [0.15, 0.2) is 58.5 Å². The van der Waals surface area contributed by atoms with E-state index >= 15 is 0 Å². The second-order valence-corrected chi connectivity index (χ2v) is 6.99. The number of alkyl halides is 3. The van der Waals surface area contributed by atoms with E-state index in [1.807, 2.05) is 27.7 Å². The van der Waals surface area contributed by atoms with Crippen molar-refractivity contribution in [1.82, 2.24) is 14.8 Å². The number of hydrogen-bond acceptors (Lipinski definition) is 7. The van der Waals surface area contributed by atoms with Gasteiger partial charge >= 0.3 is 0 Å². The molecule has 11 heteroatoms. The van der Waals surface area contributed by atoms with Crippen LogP contribution < -0.4 is 20.9 Å². The number of allylic oxidation sites excluding steroid dienone is 2. The van der Waals surface area contributed by atoms with Gasteiger partial charge in [0.05, 0.1) is 12.8 Å². The minimum Gasteiger partial charge on any atom is -0.497 e. The monoisotopic (exact) mass is 525 g/mol. The maximum absolute atomic E-state index is 13.5. The van der Waals surface area contributed by atoms with Crippen LogP contribution in [-0.2, 0) is 0 Å². The number of benzene rings is 1. The lowest BCUT2D eigenvalue weighted by molar-refractivity contribution is 0.0980. The predicted octanol–water partition coefficient (Wildman–Crippen LogP) is 4.83. The first-order chi connectivity index (χ1) is 17.9. The highest BCUT2D eigenvalue weighted by Gasteiger charge is 2.23. The van der Waals surface area contributed by atoms with Crippen molar-refractivity contribution in [2.45, 2.75) is 40.2 Å². The molecule has 3 N–H and O–H groups in total. The largest absolute Gasteiger partial charge is 0.497 e. The fourth-order valence-electron chi connectivity index (χ4n) is 3.39. The summed E-state index contributed by atoms with van der Waals surface area (Å²) in [5, 5.41) is 15.5. The van der Waals surface area contributed by atoms with Gasteiger partial charge in [-0.2, -0.15) is 0 Å². The van der Waals surface area contributed by atoms with E-state index in [0.717, 1.165) is 0 Å². The van der Waals surface area contributed by atoms with Gasteiger partial charge in [-0.1, -0.05) is 33.8 Å². The fraction of sp³-hybridized carbons (Fsp3) is 0.385. The number of aliphatic imine (C=N–C) groups is 1. The third-order valence-corrected chi connectivity index (χ3v) is 4.99. The number of ether oxygens (including phenoxy) is 1. The van der Waals surface area contributed by atoms with E-state index in [0.29, 0.717) is 34.0 Å². The quantitative estimate of drug-likeness (QED) is 0.485. The van der Waals surface area contributed by atoms with E-state index < -0.39 is 26.2 Å². The summed E-state index contributed by atoms with van der Waals surface area (Å²) in [5.74, 6) is 1.17. The van der Waals surface area contributed by atoms with Crippen molar-refractivity contribution in [3.63, 3.8) is 0 Å². The number of methoxy groups -OCH3 is 1. The highest BCUT2D eigenvalue weighted by Crippen LogP contribution is 2.27. The fourth-order valence-corrected chi connectivity index (χ4v) is 3.39. The topological polar surface area (TPSA) is 91.1 Å². The van der Waals surface area contributed by atoms with Crippen molar-refractivity contribution in [3.8, 4) is 11.4 Å². The van der Waals surface area contributed by atoms with E-state index in [1.165, 1.54) is 4.57 Å². The van der Waals surface area contributed by atoms with Crippen molar-refractivity contribution in [2.75, 3.05) is 33.2 Å². The summed E-state index contributed by atoms with van der Waals surface area (Å²) in [7, 11) is 3.30. The molecule has 0 spiro atoms. The molecule has 3 heterocycles. The molecule has 0 aliphatic carbocycles. The molecule has 0 radical (unpaired) electrons. The number of pyridine rings is 1. The predicted molar refractivity (Wildman–Crippen MR) is 145 cm³/mol. The molecule has 8 nitrogen and oxygen atoms in total. The Kier molecular flexibility index (Phi) is 13.8. The summed E-state index contributed by atoms with van der Waals surface area (Å²) in [6.45, 7) is 5.49. The first-order valence-corrected chi connectivity index (χ1v) is 11.9. The molecule has 0 bridgehead atoms. The van der Waals surface area contributed by atoms with Crippen molar-refractivity contribution in [2.24, 2.45) is 4.99 Å². The second-order valence-electron chi connectivity index (χ2n) is 6.99. The van der Waals surface area contributed by atoms with E-state index in [4.69, 9.17) is 4.74 Å². The average molecular weight is 526 g/mol. The SMILES string of the molecule is CC.CC.COc1ccc(-n2c3c(cc(C4=CN(C)C(O)C=C4)c2=O)C=NC(NCF)N3)cc1.FCF.[HH]. The Bertz CT molecular complexity index is 1120.